The number of ketones is 1. The molecule has 2 aromatic carbocycles. The van der Waals surface area contributed by atoms with Crippen molar-refractivity contribution in [1.82, 2.24) is 9.55 Å². The summed E-state index contributed by atoms with van der Waals surface area (Å²) in [4.78, 5) is 44.0. The molecule has 2 aliphatic heterocycles. The number of para-hydroxylation sites is 1. The molecule has 1 N–H and O–H groups in total. The first-order chi connectivity index (χ1) is 17.4. The molecule has 4 heterocycles. The van der Waals surface area contributed by atoms with Gasteiger partial charge in [-0.2, -0.15) is 0 Å². The highest BCUT2D eigenvalue weighted by Gasteiger charge is 2.46. The SMILES string of the molecule is CC[C@@]1(O)C(=O)OCc2c1cc1n(c2=O)C(/C=C/C(=O)c2ccccc2)c2cc3ccccc3nc2-1. The number of carbonyl (C=O) groups is 2. The molecule has 0 saturated heterocycles. The van der Waals surface area contributed by atoms with E-state index < -0.39 is 17.6 Å². The Labute approximate surface area is 206 Å². The number of carbonyl (C=O) groups excluding carboxylic acids is 2. The van der Waals surface area contributed by atoms with E-state index in [0.717, 1.165) is 16.5 Å². The molecule has 0 fully saturated rings. The van der Waals surface area contributed by atoms with Gasteiger partial charge in [0.05, 0.1) is 28.5 Å². The third-order valence-corrected chi connectivity index (χ3v) is 7.07. The summed E-state index contributed by atoms with van der Waals surface area (Å²) in [5.74, 6) is -0.948. The number of esters is 1. The van der Waals surface area contributed by atoms with Crippen molar-refractivity contribution < 1.29 is 19.4 Å². The molecule has 2 aromatic heterocycles. The molecule has 0 bridgehead atoms. The molecule has 0 radical (unpaired) electrons. The highest BCUT2D eigenvalue weighted by Crippen LogP contribution is 2.43. The Kier molecular flexibility index (Phi) is 4.98. The van der Waals surface area contributed by atoms with E-state index in [9.17, 15) is 19.5 Å². The van der Waals surface area contributed by atoms with Crippen molar-refractivity contribution in [3.63, 3.8) is 0 Å². The van der Waals surface area contributed by atoms with Crippen LogP contribution < -0.4 is 5.56 Å². The zero-order chi connectivity index (χ0) is 25.0. The van der Waals surface area contributed by atoms with Gasteiger partial charge in [0.15, 0.2) is 11.4 Å². The van der Waals surface area contributed by atoms with E-state index >= 15 is 0 Å². The Balaban J connectivity index is 1.59. The van der Waals surface area contributed by atoms with Crippen LogP contribution in [0.3, 0.4) is 0 Å². The maximum atomic E-state index is 13.8. The van der Waals surface area contributed by atoms with Gasteiger partial charge >= 0.3 is 5.97 Å². The lowest BCUT2D eigenvalue weighted by atomic mass is 9.86. The van der Waals surface area contributed by atoms with Gasteiger partial charge in [-0.05, 0) is 30.7 Å². The number of benzene rings is 2. The van der Waals surface area contributed by atoms with Crippen LogP contribution in [-0.4, -0.2) is 26.4 Å². The minimum Gasteiger partial charge on any atom is -0.458 e. The van der Waals surface area contributed by atoms with Crippen LogP contribution >= 0.6 is 0 Å². The van der Waals surface area contributed by atoms with Crippen molar-refractivity contribution in [1.29, 1.82) is 0 Å². The summed E-state index contributed by atoms with van der Waals surface area (Å²) < 4.78 is 6.76. The zero-order valence-corrected chi connectivity index (χ0v) is 19.5. The fourth-order valence-corrected chi connectivity index (χ4v) is 5.10. The molecule has 36 heavy (non-hydrogen) atoms. The van der Waals surface area contributed by atoms with Crippen molar-refractivity contribution in [2.45, 2.75) is 31.6 Å². The molecule has 0 amide bonds. The number of ether oxygens (including phenoxy) is 1. The summed E-state index contributed by atoms with van der Waals surface area (Å²) in [6, 6.07) is 19.6. The normalized spacial score (nSPS) is 20.2. The highest BCUT2D eigenvalue weighted by molar-refractivity contribution is 6.04. The van der Waals surface area contributed by atoms with Gasteiger partial charge < -0.3 is 9.84 Å². The number of aliphatic hydroxyl groups is 1. The van der Waals surface area contributed by atoms with E-state index in [2.05, 4.69) is 0 Å². The summed E-state index contributed by atoms with van der Waals surface area (Å²) >= 11 is 0. The Hall–Kier alpha value is -4.36. The molecule has 1 unspecified atom stereocenters. The standard InChI is InChI=1S/C29H22N2O5/c1-2-29(35)21-15-24-26-19(14-18-10-6-7-11-22(18)30-26)23(12-13-25(32)17-8-4-3-5-9-17)31(24)27(33)20(21)16-36-28(29)34/h3-15,23,35H,2,16H2,1H3/b13-12+/t23?,29-/m0/s1. The first-order valence-corrected chi connectivity index (χ1v) is 11.8. The van der Waals surface area contributed by atoms with Crippen molar-refractivity contribution in [2.24, 2.45) is 0 Å². The number of fused-ring (bicyclic) bond motifs is 5. The third kappa shape index (κ3) is 3.17. The van der Waals surface area contributed by atoms with Crippen LogP contribution in [0.2, 0.25) is 0 Å². The van der Waals surface area contributed by atoms with E-state index in [-0.39, 0.29) is 35.5 Å². The molecule has 0 saturated carbocycles. The Morgan fingerprint density at radius 1 is 1.14 bits per heavy atom. The maximum absolute atomic E-state index is 13.8. The van der Waals surface area contributed by atoms with Gasteiger partial charge in [-0.25, -0.2) is 9.78 Å². The van der Waals surface area contributed by atoms with Crippen LogP contribution in [0.4, 0.5) is 0 Å². The first kappa shape index (κ1) is 22.1. The number of hydrogen-bond acceptors (Lipinski definition) is 6. The summed E-state index contributed by atoms with van der Waals surface area (Å²) in [5, 5.41) is 12.0. The number of nitrogens with zero attached hydrogens (tertiary/aromatic N) is 2. The van der Waals surface area contributed by atoms with Gasteiger partial charge in [0.1, 0.15) is 6.61 Å². The Morgan fingerprint density at radius 2 is 1.89 bits per heavy atom. The fourth-order valence-electron chi connectivity index (χ4n) is 5.10. The number of rotatable bonds is 4. The number of aromatic nitrogens is 2. The molecule has 0 spiro atoms. The van der Waals surface area contributed by atoms with Crippen LogP contribution in [0.1, 0.15) is 46.4 Å². The second-order valence-electron chi connectivity index (χ2n) is 9.04. The largest absolute Gasteiger partial charge is 0.458 e. The minimum absolute atomic E-state index is 0.0641. The molecule has 7 heteroatoms. The number of cyclic esters (lactones) is 1. The molecular weight excluding hydrogens is 456 g/mol. The Morgan fingerprint density at radius 3 is 2.67 bits per heavy atom. The van der Waals surface area contributed by atoms with Crippen LogP contribution in [0.5, 0.6) is 0 Å². The number of hydrogen-bond donors (Lipinski definition) is 1. The van der Waals surface area contributed by atoms with E-state index in [4.69, 9.17) is 9.72 Å². The van der Waals surface area contributed by atoms with Crippen LogP contribution in [-0.2, 0) is 21.7 Å². The van der Waals surface area contributed by atoms with Gasteiger partial charge in [-0.1, -0.05) is 61.5 Å². The average Bonchev–Trinajstić information content (AvgIpc) is 3.21. The van der Waals surface area contributed by atoms with Gasteiger partial charge in [0, 0.05) is 22.1 Å². The summed E-state index contributed by atoms with van der Waals surface area (Å²) in [6.45, 7) is 1.45. The predicted octanol–water partition coefficient (Wildman–Crippen LogP) is 4.06. The molecule has 2 atom stereocenters. The maximum Gasteiger partial charge on any atom is 0.343 e. The Bertz CT molecular complexity index is 1650. The monoisotopic (exact) mass is 478 g/mol. The lowest BCUT2D eigenvalue weighted by Gasteiger charge is -2.32. The summed E-state index contributed by atoms with van der Waals surface area (Å²) in [7, 11) is 0. The number of pyridine rings is 2. The van der Waals surface area contributed by atoms with Gasteiger partial charge in [0.2, 0.25) is 0 Å². The van der Waals surface area contributed by atoms with Crippen molar-refractivity contribution in [2.75, 3.05) is 0 Å². The van der Waals surface area contributed by atoms with Crippen LogP contribution in [0.15, 0.2) is 83.7 Å². The lowest BCUT2D eigenvalue weighted by molar-refractivity contribution is -0.172. The third-order valence-electron chi connectivity index (χ3n) is 7.07. The quantitative estimate of drug-likeness (QED) is 0.270. The molecule has 4 aromatic rings. The molecular formula is C29H22N2O5. The minimum atomic E-state index is -1.91. The molecule has 178 valence electrons. The van der Waals surface area contributed by atoms with Gasteiger partial charge in [-0.3, -0.25) is 14.2 Å². The van der Waals surface area contributed by atoms with Crippen molar-refractivity contribution in [3.05, 3.63) is 111 Å². The van der Waals surface area contributed by atoms with Gasteiger partial charge in [0.25, 0.3) is 5.56 Å². The smallest absolute Gasteiger partial charge is 0.343 e. The van der Waals surface area contributed by atoms with Gasteiger partial charge in [-0.15, -0.1) is 0 Å². The summed E-state index contributed by atoms with van der Waals surface area (Å²) in [6.07, 6.45) is 3.24. The van der Waals surface area contributed by atoms with E-state index in [1.54, 1.807) is 47.9 Å². The highest BCUT2D eigenvalue weighted by atomic mass is 16.6. The predicted molar refractivity (Wildman–Crippen MR) is 133 cm³/mol. The summed E-state index contributed by atoms with van der Waals surface area (Å²) in [5.41, 5.74) is 1.32. The second-order valence-corrected chi connectivity index (χ2v) is 9.04. The van der Waals surface area contributed by atoms with Crippen LogP contribution in [0, 0.1) is 0 Å². The zero-order valence-electron chi connectivity index (χ0n) is 19.5. The van der Waals surface area contributed by atoms with E-state index in [1.807, 2.05) is 36.4 Å². The number of allylic oxidation sites excluding steroid dienone is 2. The average molecular weight is 479 g/mol. The molecule has 6 rings (SSSR count). The van der Waals surface area contributed by atoms with Crippen molar-refractivity contribution >= 4 is 22.7 Å². The molecule has 0 aliphatic carbocycles. The molecule has 7 nitrogen and oxygen atoms in total. The second kappa shape index (κ2) is 8.10. The first-order valence-electron chi connectivity index (χ1n) is 11.8. The topological polar surface area (TPSA) is 98.5 Å². The van der Waals surface area contributed by atoms with E-state index in [0.29, 0.717) is 17.0 Å². The molecule has 2 aliphatic rings. The van der Waals surface area contributed by atoms with Crippen LogP contribution in [0.25, 0.3) is 22.3 Å². The van der Waals surface area contributed by atoms with E-state index in [1.165, 1.54) is 6.08 Å². The fraction of sp³-hybridized carbons (Fsp3) is 0.172. The lowest BCUT2D eigenvalue weighted by Crippen LogP contribution is -2.44. The van der Waals surface area contributed by atoms with Crippen molar-refractivity contribution in [3.8, 4) is 11.4 Å².